The van der Waals surface area contributed by atoms with E-state index < -0.39 is 0 Å². The topological polar surface area (TPSA) is 29.5 Å². The van der Waals surface area contributed by atoms with Gasteiger partial charge in [-0.15, -0.1) is 0 Å². The van der Waals surface area contributed by atoms with Crippen molar-refractivity contribution in [2.24, 2.45) is 0 Å². The first kappa shape index (κ1) is 14.0. The fraction of sp³-hybridized carbons (Fsp3) is 0.917. The van der Waals surface area contributed by atoms with Crippen LogP contribution in [0.2, 0.25) is 0 Å². The summed E-state index contributed by atoms with van der Waals surface area (Å²) < 4.78 is 5.46. The van der Waals surface area contributed by atoms with Gasteiger partial charge in [0.05, 0.1) is 12.0 Å². The number of alkyl halides is 1. The van der Waals surface area contributed by atoms with E-state index in [1.54, 1.807) is 7.11 Å². The van der Waals surface area contributed by atoms with Gasteiger partial charge in [0, 0.05) is 25.5 Å². The summed E-state index contributed by atoms with van der Waals surface area (Å²) in [4.78, 5) is 14.2. The molecule has 0 aromatic rings. The predicted molar refractivity (Wildman–Crippen MR) is 68.9 cm³/mol. The number of hydrogen-bond acceptors (Lipinski definition) is 2. The molecule has 0 aliphatic heterocycles. The highest BCUT2D eigenvalue weighted by Gasteiger charge is 2.39. The van der Waals surface area contributed by atoms with Gasteiger partial charge < -0.3 is 9.64 Å². The van der Waals surface area contributed by atoms with Crippen LogP contribution in [0.4, 0.5) is 0 Å². The maximum Gasteiger partial charge on any atom is 0.225 e. The molecule has 94 valence electrons. The van der Waals surface area contributed by atoms with Crippen molar-refractivity contribution in [1.29, 1.82) is 0 Å². The van der Waals surface area contributed by atoms with Gasteiger partial charge in [-0.3, -0.25) is 4.79 Å². The fourth-order valence-corrected chi connectivity index (χ4v) is 2.14. The van der Waals surface area contributed by atoms with Gasteiger partial charge >= 0.3 is 0 Å². The fourth-order valence-electron chi connectivity index (χ4n) is 1.93. The zero-order valence-corrected chi connectivity index (χ0v) is 12.0. The predicted octanol–water partition coefficient (Wildman–Crippen LogP) is 2.58. The molecule has 3 nitrogen and oxygen atoms in total. The first-order valence-electron chi connectivity index (χ1n) is 5.92. The molecule has 1 aliphatic carbocycles. The lowest BCUT2D eigenvalue weighted by Crippen LogP contribution is -2.44. The molecular weight excluding hydrogens is 270 g/mol. The van der Waals surface area contributed by atoms with Gasteiger partial charge in [0.25, 0.3) is 0 Å². The largest absolute Gasteiger partial charge is 0.378 e. The van der Waals surface area contributed by atoms with Crippen molar-refractivity contribution >= 4 is 21.8 Å². The molecule has 1 saturated carbocycles. The van der Waals surface area contributed by atoms with Gasteiger partial charge in [-0.05, 0) is 25.7 Å². The lowest BCUT2D eigenvalue weighted by molar-refractivity contribution is -0.142. The average Bonchev–Trinajstić information content (AvgIpc) is 2.19. The van der Waals surface area contributed by atoms with Crippen LogP contribution in [-0.2, 0) is 9.53 Å². The molecule has 0 aromatic heterocycles. The van der Waals surface area contributed by atoms with E-state index in [-0.39, 0.29) is 11.5 Å². The molecule has 1 atom stereocenters. The Labute approximate surface area is 107 Å². The number of methoxy groups -OCH3 is 1. The summed E-state index contributed by atoms with van der Waals surface area (Å²) in [6, 6.07) is 0. The van der Waals surface area contributed by atoms with E-state index in [4.69, 9.17) is 4.74 Å². The van der Waals surface area contributed by atoms with Crippen molar-refractivity contribution in [3.63, 3.8) is 0 Å². The Morgan fingerprint density at radius 2 is 2.19 bits per heavy atom. The monoisotopic (exact) mass is 291 g/mol. The summed E-state index contributed by atoms with van der Waals surface area (Å²) in [6.45, 7) is 2.91. The molecule has 4 heteroatoms. The molecule has 1 aliphatic rings. The normalized spacial score (nSPS) is 20.0. The Morgan fingerprint density at radius 3 is 2.56 bits per heavy atom. The van der Waals surface area contributed by atoms with Gasteiger partial charge in [0.2, 0.25) is 5.91 Å². The molecule has 0 heterocycles. The van der Waals surface area contributed by atoms with Crippen molar-refractivity contribution in [3.05, 3.63) is 0 Å². The number of rotatable bonds is 6. The zero-order chi connectivity index (χ0) is 12.2. The SMILES string of the molecule is COC1(CC(=O)N(C)CCC(C)Br)CCC1. The van der Waals surface area contributed by atoms with Crippen LogP contribution in [0.5, 0.6) is 0 Å². The second kappa shape index (κ2) is 6.01. The van der Waals surface area contributed by atoms with Gasteiger partial charge in [-0.2, -0.15) is 0 Å². The van der Waals surface area contributed by atoms with Gasteiger partial charge in [-0.1, -0.05) is 22.9 Å². The van der Waals surface area contributed by atoms with E-state index in [2.05, 4.69) is 22.9 Å². The average molecular weight is 292 g/mol. The van der Waals surface area contributed by atoms with Crippen LogP contribution in [-0.4, -0.2) is 41.9 Å². The lowest BCUT2D eigenvalue weighted by Gasteiger charge is -2.40. The third kappa shape index (κ3) is 3.74. The van der Waals surface area contributed by atoms with Gasteiger partial charge in [-0.25, -0.2) is 0 Å². The first-order valence-corrected chi connectivity index (χ1v) is 6.84. The van der Waals surface area contributed by atoms with Crippen LogP contribution in [0.25, 0.3) is 0 Å². The number of carbonyl (C=O) groups is 1. The highest BCUT2D eigenvalue weighted by molar-refractivity contribution is 9.09. The third-order valence-corrected chi connectivity index (χ3v) is 3.92. The Hall–Kier alpha value is -0.0900. The minimum absolute atomic E-state index is 0.147. The van der Waals surface area contributed by atoms with Crippen LogP contribution >= 0.6 is 15.9 Å². The summed E-state index contributed by atoms with van der Waals surface area (Å²) >= 11 is 3.49. The quantitative estimate of drug-likeness (QED) is 0.704. The Morgan fingerprint density at radius 1 is 1.56 bits per heavy atom. The molecule has 0 aromatic carbocycles. The van der Waals surface area contributed by atoms with Crippen molar-refractivity contribution in [2.45, 2.75) is 49.5 Å². The highest BCUT2D eigenvalue weighted by atomic mass is 79.9. The number of amides is 1. The minimum atomic E-state index is -0.147. The van der Waals surface area contributed by atoms with Crippen LogP contribution in [0.3, 0.4) is 0 Å². The van der Waals surface area contributed by atoms with Crippen molar-refractivity contribution in [2.75, 3.05) is 20.7 Å². The number of hydrogen-bond donors (Lipinski definition) is 0. The molecule has 1 rings (SSSR count). The summed E-state index contributed by atoms with van der Waals surface area (Å²) in [5, 5.41) is 0. The van der Waals surface area contributed by atoms with Gasteiger partial charge in [0.1, 0.15) is 0 Å². The molecule has 16 heavy (non-hydrogen) atoms. The van der Waals surface area contributed by atoms with Crippen molar-refractivity contribution in [1.82, 2.24) is 4.90 Å². The molecule has 0 saturated heterocycles. The molecule has 0 bridgehead atoms. The number of halogens is 1. The van der Waals surface area contributed by atoms with Crippen molar-refractivity contribution < 1.29 is 9.53 Å². The summed E-state index contributed by atoms with van der Waals surface area (Å²) in [5.41, 5.74) is -0.147. The Bertz CT molecular complexity index is 234. The zero-order valence-electron chi connectivity index (χ0n) is 10.5. The van der Waals surface area contributed by atoms with Crippen LogP contribution in [0.1, 0.15) is 39.0 Å². The van der Waals surface area contributed by atoms with E-state index in [0.29, 0.717) is 11.2 Å². The first-order chi connectivity index (χ1) is 7.49. The molecular formula is C12H22BrNO2. The molecule has 0 spiro atoms. The van der Waals surface area contributed by atoms with E-state index in [9.17, 15) is 4.79 Å². The van der Waals surface area contributed by atoms with Crippen LogP contribution in [0, 0.1) is 0 Å². The van der Waals surface area contributed by atoms with Crippen LogP contribution in [0.15, 0.2) is 0 Å². The second-order valence-corrected chi connectivity index (χ2v) is 6.37. The third-order valence-electron chi connectivity index (χ3n) is 3.46. The van der Waals surface area contributed by atoms with E-state index in [1.807, 2.05) is 11.9 Å². The minimum Gasteiger partial charge on any atom is -0.378 e. The van der Waals surface area contributed by atoms with Crippen LogP contribution < -0.4 is 0 Å². The highest BCUT2D eigenvalue weighted by Crippen LogP contribution is 2.38. The number of carbonyl (C=O) groups excluding carboxylic acids is 1. The summed E-state index contributed by atoms with van der Waals surface area (Å²) in [6.07, 6.45) is 4.76. The Balaban J connectivity index is 2.33. The van der Waals surface area contributed by atoms with Gasteiger partial charge in [0.15, 0.2) is 0 Å². The lowest BCUT2D eigenvalue weighted by atomic mass is 9.77. The van der Waals surface area contributed by atoms with E-state index in [1.165, 1.54) is 6.42 Å². The maximum absolute atomic E-state index is 12.0. The van der Waals surface area contributed by atoms with Crippen molar-refractivity contribution in [3.8, 4) is 0 Å². The Kier molecular flexibility index (Phi) is 5.25. The standard InChI is InChI=1S/C12H22BrNO2/c1-10(13)5-8-14(2)11(15)9-12(16-3)6-4-7-12/h10H,4-9H2,1-3H3. The molecule has 1 amide bonds. The van der Waals surface area contributed by atoms with E-state index in [0.717, 1.165) is 25.8 Å². The second-order valence-electron chi connectivity index (χ2n) is 4.80. The maximum atomic E-state index is 12.0. The smallest absolute Gasteiger partial charge is 0.225 e. The molecule has 1 unspecified atom stereocenters. The van der Waals surface area contributed by atoms with E-state index >= 15 is 0 Å². The molecule has 0 radical (unpaired) electrons. The summed E-state index contributed by atoms with van der Waals surface area (Å²) in [5.74, 6) is 0.203. The summed E-state index contributed by atoms with van der Waals surface area (Å²) in [7, 11) is 3.59. The molecule has 0 N–H and O–H groups in total. The molecule has 1 fully saturated rings. The number of nitrogens with zero attached hydrogens (tertiary/aromatic N) is 1. The number of ether oxygens (including phenoxy) is 1.